The Morgan fingerprint density at radius 1 is 1.18 bits per heavy atom. The summed E-state index contributed by atoms with van der Waals surface area (Å²) < 4.78 is 10.9. The van der Waals surface area contributed by atoms with Gasteiger partial charge in [-0.15, -0.1) is 10.2 Å². The molecule has 3 rings (SSSR count). The average molecular weight is 469 g/mol. The van der Waals surface area contributed by atoms with E-state index in [4.69, 9.17) is 14.9 Å². The topological polar surface area (TPSA) is 130 Å². The number of nitrogens with two attached hydrogens (primary N) is 1. The summed E-state index contributed by atoms with van der Waals surface area (Å²) in [6, 6.07) is 7.65. The van der Waals surface area contributed by atoms with E-state index < -0.39 is 5.60 Å². The molecule has 0 aromatic carbocycles. The number of carbonyl (C=O) groups is 1. The lowest BCUT2D eigenvalue weighted by Gasteiger charge is -2.33. The number of anilines is 1. The second-order valence-electron chi connectivity index (χ2n) is 9.04. The molecule has 1 aliphatic rings. The van der Waals surface area contributed by atoms with Crippen molar-refractivity contribution in [3.05, 3.63) is 36.0 Å². The molecule has 0 aliphatic carbocycles. The molecule has 1 amide bonds. The van der Waals surface area contributed by atoms with Gasteiger partial charge in [0.05, 0.1) is 31.0 Å². The van der Waals surface area contributed by atoms with Crippen molar-refractivity contribution in [2.24, 2.45) is 0 Å². The number of ether oxygens (including phenoxy) is 2. The lowest BCUT2D eigenvalue weighted by molar-refractivity contribution is -0.555. The first-order valence-corrected chi connectivity index (χ1v) is 11.4. The molecule has 1 saturated heterocycles. The molecule has 10 heteroatoms. The third-order valence-corrected chi connectivity index (χ3v) is 5.29. The normalized spacial score (nSPS) is 15.1. The largest absolute Gasteiger partial charge is 0.481 e. The Hall–Kier alpha value is -3.53. The van der Waals surface area contributed by atoms with Crippen LogP contribution in [0.3, 0.4) is 0 Å². The number of amides is 1. The lowest BCUT2D eigenvalue weighted by Crippen LogP contribution is -2.72. The SMILES string of the molecule is C[NH2+]C=C(C=N)c1ccc(-c2ccc(NC3CCN(C(=O)OC(C)(C)C)CC3)nn2)nc1OC. The monoisotopic (exact) mass is 468 g/mol. The van der Waals surface area contributed by atoms with E-state index >= 15 is 0 Å². The number of hydrogen-bond acceptors (Lipinski definition) is 8. The highest BCUT2D eigenvalue weighted by Crippen LogP contribution is 2.26. The number of pyridine rings is 1. The van der Waals surface area contributed by atoms with Crippen molar-refractivity contribution in [3.8, 4) is 17.3 Å². The van der Waals surface area contributed by atoms with Crippen LogP contribution in [0.15, 0.2) is 30.5 Å². The number of rotatable bonds is 7. The molecule has 0 bridgehead atoms. The number of nitrogens with one attached hydrogen (secondary N) is 2. The highest BCUT2D eigenvalue weighted by Gasteiger charge is 2.27. The zero-order valence-electron chi connectivity index (χ0n) is 20.5. The van der Waals surface area contributed by atoms with Crippen LogP contribution >= 0.6 is 0 Å². The van der Waals surface area contributed by atoms with Crippen molar-refractivity contribution in [2.45, 2.75) is 45.3 Å². The number of allylic oxidation sites excluding steroid dienone is 1. The Kier molecular flexibility index (Phi) is 8.17. The first-order valence-electron chi connectivity index (χ1n) is 11.4. The van der Waals surface area contributed by atoms with Crippen molar-refractivity contribution in [3.63, 3.8) is 0 Å². The Balaban J connectivity index is 1.62. The van der Waals surface area contributed by atoms with Crippen LogP contribution in [0.25, 0.3) is 17.0 Å². The van der Waals surface area contributed by atoms with Gasteiger partial charge in [0.25, 0.3) is 0 Å². The molecule has 4 N–H and O–H groups in total. The molecule has 0 radical (unpaired) electrons. The fourth-order valence-corrected chi connectivity index (χ4v) is 3.64. The van der Waals surface area contributed by atoms with Gasteiger partial charge in [-0.05, 0) is 57.9 Å². The van der Waals surface area contributed by atoms with Gasteiger partial charge in [-0.1, -0.05) is 0 Å². The Morgan fingerprint density at radius 2 is 1.88 bits per heavy atom. The standard InChI is InChI=1S/C24H33N7O3/c1-24(2,3)34-23(32)31-12-10-17(11-13-31)27-21-9-8-20(29-30-21)19-7-6-18(22(28-19)33-5)16(14-25)15-26-4/h6-9,14-15,17,25-26H,10-13H2,1-5H3,(H,27,30)/p+1. The highest BCUT2D eigenvalue weighted by atomic mass is 16.6. The maximum absolute atomic E-state index is 12.2. The second-order valence-corrected chi connectivity index (χ2v) is 9.04. The van der Waals surface area contributed by atoms with Gasteiger partial charge in [0.2, 0.25) is 5.88 Å². The van der Waals surface area contributed by atoms with E-state index in [9.17, 15) is 4.79 Å². The van der Waals surface area contributed by atoms with Gasteiger partial charge in [0.15, 0.2) is 0 Å². The number of aromatic nitrogens is 3. The van der Waals surface area contributed by atoms with Crippen LogP contribution in [-0.4, -0.2) is 71.3 Å². The molecule has 1 aliphatic heterocycles. The van der Waals surface area contributed by atoms with Gasteiger partial charge in [-0.25, -0.2) is 9.78 Å². The fourth-order valence-electron chi connectivity index (χ4n) is 3.64. The number of piperidine rings is 1. The second kappa shape index (κ2) is 11.1. The van der Waals surface area contributed by atoms with Crippen LogP contribution < -0.4 is 15.4 Å². The van der Waals surface area contributed by atoms with Gasteiger partial charge in [-0.2, -0.15) is 0 Å². The molecule has 34 heavy (non-hydrogen) atoms. The number of nitrogens with zero attached hydrogens (tertiary/aromatic N) is 4. The van der Waals surface area contributed by atoms with E-state index in [-0.39, 0.29) is 12.1 Å². The molecular weight excluding hydrogens is 434 g/mol. The molecule has 1 fully saturated rings. The molecule has 10 nitrogen and oxygen atoms in total. The first-order chi connectivity index (χ1) is 16.2. The minimum Gasteiger partial charge on any atom is -0.481 e. The summed E-state index contributed by atoms with van der Waals surface area (Å²) in [5, 5.41) is 21.5. The van der Waals surface area contributed by atoms with Crippen LogP contribution in [0.1, 0.15) is 39.2 Å². The summed E-state index contributed by atoms with van der Waals surface area (Å²) in [6.07, 6.45) is 4.46. The van der Waals surface area contributed by atoms with Crippen molar-refractivity contribution >= 4 is 23.7 Å². The Bertz CT molecular complexity index is 1020. The Morgan fingerprint density at radius 3 is 2.44 bits per heavy atom. The predicted octanol–water partition coefficient (Wildman–Crippen LogP) is 2.54. The highest BCUT2D eigenvalue weighted by molar-refractivity contribution is 6.08. The molecule has 0 saturated carbocycles. The van der Waals surface area contributed by atoms with Crippen LogP contribution in [0, 0.1) is 5.41 Å². The summed E-state index contributed by atoms with van der Waals surface area (Å²) in [4.78, 5) is 18.5. The number of hydrogen-bond donors (Lipinski definition) is 3. The minimum absolute atomic E-state index is 0.207. The third kappa shape index (κ3) is 6.50. The molecular formula is C24H34N7O3+. The van der Waals surface area contributed by atoms with Gasteiger partial charge >= 0.3 is 6.09 Å². The number of methoxy groups -OCH3 is 1. The van der Waals surface area contributed by atoms with Crippen molar-refractivity contribution in [1.29, 1.82) is 5.41 Å². The number of carbonyl (C=O) groups excluding carboxylic acids is 1. The lowest BCUT2D eigenvalue weighted by atomic mass is 10.1. The van der Waals surface area contributed by atoms with E-state index in [0.717, 1.165) is 18.4 Å². The van der Waals surface area contributed by atoms with Gasteiger partial charge in [-0.3, -0.25) is 0 Å². The molecule has 0 spiro atoms. The molecule has 0 unspecified atom stereocenters. The van der Waals surface area contributed by atoms with Crippen molar-refractivity contribution < 1.29 is 19.6 Å². The maximum Gasteiger partial charge on any atom is 0.410 e. The quantitative estimate of drug-likeness (QED) is 0.532. The Labute approximate surface area is 200 Å². The van der Waals surface area contributed by atoms with Crippen molar-refractivity contribution in [1.82, 2.24) is 20.1 Å². The molecule has 3 heterocycles. The van der Waals surface area contributed by atoms with Gasteiger partial charge < -0.3 is 30.4 Å². The van der Waals surface area contributed by atoms with E-state index in [1.807, 2.05) is 63.6 Å². The fraction of sp³-hybridized carbons (Fsp3) is 0.458. The smallest absolute Gasteiger partial charge is 0.410 e. The molecule has 0 atom stereocenters. The van der Waals surface area contributed by atoms with E-state index in [2.05, 4.69) is 20.5 Å². The minimum atomic E-state index is -0.490. The summed E-state index contributed by atoms with van der Waals surface area (Å²) in [5.74, 6) is 1.10. The van der Waals surface area contributed by atoms with Crippen molar-refractivity contribution in [2.75, 3.05) is 32.6 Å². The zero-order chi connectivity index (χ0) is 24.7. The van der Waals surface area contributed by atoms with Crippen LogP contribution in [0.5, 0.6) is 5.88 Å². The molecule has 182 valence electrons. The average Bonchev–Trinajstić information content (AvgIpc) is 2.82. The third-order valence-electron chi connectivity index (χ3n) is 5.29. The van der Waals surface area contributed by atoms with Crippen LogP contribution in [-0.2, 0) is 4.74 Å². The molecule has 2 aromatic heterocycles. The predicted molar refractivity (Wildman–Crippen MR) is 131 cm³/mol. The van der Waals surface area contributed by atoms with E-state index in [1.54, 1.807) is 12.0 Å². The summed E-state index contributed by atoms with van der Waals surface area (Å²) in [6.45, 7) is 6.89. The summed E-state index contributed by atoms with van der Waals surface area (Å²) in [7, 11) is 3.45. The zero-order valence-corrected chi connectivity index (χ0v) is 20.5. The number of quaternary nitrogens is 1. The van der Waals surface area contributed by atoms with E-state index in [1.165, 1.54) is 6.21 Å². The van der Waals surface area contributed by atoms with Gasteiger partial charge in [0, 0.05) is 25.3 Å². The van der Waals surface area contributed by atoms with Crippen LogP contribution in [0.2, 0.25) is 0 Å². The van der Waals surface area contributed by atoms with Crippen LogP contribution in [0.4, 0.5) is 10.6 Å². The number of likely N-dealkylation sites (tertiary alicyclic amines) is 1. The first kappa shape index (κ1) is 25.1. The summed E-state index contributed by atoms with van der Waals surface area (Å²) in [5.41, 5.74) is 2.22. The van der Waals surface area contributed by atoms with Gasteiger partial charge in [0.1, 0.15) is 23.3 Å². The summed E-state index contributed by atoms with van der Waals surface area (Å²) >= 11 is 0. The molecule has 2 aromatic rings. The maximum atomic E-state index is 12.2. The van der Waals surface area contributed by atoms with E-state index in [0.29, 0.717) is 41.7 Å².